The number of rotatable bonds is 7. The Hall–Kier alpha value is -0.650. The van der Waals surface area contributed by atoms with Crippen LogP contribution >= 0.6 is 0 Å². The summed E-state index contributed by atoms with van der Waals surface area (Å²) < 4.78 is 5.31. The fourth-order valence-electron chi connectivity index (χ4n) is 2.49. The van der Waals surface area contributed by atoms with E-state index in [4.69, 9.17) is 4.74 Å². The van der Waals surface area contributed by atoms with Crippen LogP contribution in [0.3, 0.4) is 0 Å². The van der Waals surface area contributed by atoms with Crippen molar-refractivity contribution in [3.63, 3.8) is 0 Å². The Morgan fingerprint density at radius 3 is 2.53 bits per heavy atom. The topological polar surface area (TPSA) is 44.8 Å². The van der Waals surface area contributed by atoms with E-state index in [-0.39, 0.29) is 11.9 Å². The molecule has 1 N–H and O–H groups in total. The number of carbonyl (C=O) groups excluding carboxylic acids is 1. The van der Waals surface area contributed by atoms with Crippen LogP contribution in [0.4, 0.5) is 0 Å². The maximum atomic E-state index is 12.2. The van der Waals surface area contributed by atoms with Gasteiger partial charge in [0.05, 0.1) is 19.3 Å². The summed E-state index contributed by atoms with van der Waals surface area (Å²) in [6.45, 7) is 9.45. The summed E-state index contributed by atoms with van der Waals surface area (Å²) in [5.41, 5.74) is 0. The molecule has 0 bridgehead atoms. The lowest BCUT2D eigenvalue weighted by molar-refractivity contribution is -0.127. The van der Waals surface area contributed by atoms with E-state index in [1.165, 1.54) is 0 Å². The lowest BCUT2D eigenvalue weighted by Gasteiger charge is -2.30. The van der Waals surface area contributed by atoms with E-state index < -0.39 is 0 Å². The van der Waals surface area contributed by atoms with Crippen LogP contribution in [0.25, 0.3) is 0 Å². The van der Waals surface area contributed by atoms with Crippen molar-refractivity contribution < 1.29 is 9.53 Å². The fourth-order valence-corrected chi connectivity index (χ4v) is 2.49. The third-order valence-corrected chi connectivity index (χ3v) is 3.84. The molecule has 112 valence electrons. The quantitative estimate of drug-likeness (QED) is 0.728. The molecule has 0 aromatic carbocycles. The number of nitrogens with one attached hydrogen (secondary N) is 1. The first-order chi connectivity index (χ1) is 9.06. The van der Waals surface area contributed by atoms with Crippen LogP contribution in [0.1, 0.15) is 20.3 Å². The molecule has 0 aromatic rings. The smallest absolute Gasteiger partial charge is 0.237 e. The molecule has 2 atom stereocenters. The first-order valence-corrected chi connectivity index (χ1v) is 7.30. The minimum atomic E-state index is -0.0327. The fraction of sp³-hybridized carbons (Fsp3) is 0.929. The Balaban J connectivity index is 2.31. The zero-order valence-electron chi connectivity index (χ0n) is 12.8. The van der Waals surface area contributed by atoms with Gasteiger partial charge in [-0.15, -0.1) is 0 Å². The molecular weight excluding hydrogens is 242 g/mol. The van der Waals surface area contributed by atoms with E-state index in [9.17, 15) is 4.79 Å². The monoisotopic (exact) mass is 271 g/mol. The molecule has 0 aliphatic carbocycles. The highest BCUT2D eigenvalue weighted by Gasteiger charge is 2.25. The van der Waals surface area contributed by atoms with Gasteiger partial charge in [0.25, 0.3) is 0 Å². The minimum absolute atomic E-state index is 0.0327. The molecule has 1 aliphatic heterocycles. The zero-order valence-corrected chi connectivity index (χ0v) is 12.8. The molecule has 5 heteroatoms. The molecule has 0 radical (unpaired) electrons. The molecule has 1 fully saturated rings. The summed E-state index contributed by atoms with van der Waals surface area (Å²) in [5, 5.41) is 3.06. The van der Waals surface area contributed by atoms with E-state index in [1.807, 2.05) is 19.0 Å². The number of hydrogen-bond acceptors (Lipinski definition) is 4. The average molecular weight is 271 g/mol. The number of likely N-dealkylation sites (N-methyl/N-ethyl adjacent to an activating group) is 1. The van der Waals surface area contributed by atoms with Gasteiger partial charge in [-0.3, -0.25) is 14.6 Å². The summed E-state index contributed by atoms with van der Waals surface area (Å²) in [6.07, 6.45) is 1.01. The summed E-state index contributed by atoms with van der Waals surface area (Å²) >= 11 is 0. The van der Waals surface area contributed by atoms with Crippen molar-refractivity contribution in [3.05, 3.63) is 0 Å². The molecule has 0 saturated carbocycles. The van der Waals surface area contributed by atoms with Crippen LogP contribution in [0.15, 0.2) is 0 Å². The van der Waals surface area contributed by atoms with Crippen LogP contribution in [0, 0.1) is 5.92 Å². The first kappa shape index (κ1) is 16.4. The number of nitrogens with zero attached hydrogens (tertiary/aromatic N) is 2. The highest BCUT2D eigenvalue weighted by Crippen LogP contribution is 2.12. The van der Waals surface area contributed by atoms with Crippen molar-refractivity contribution in [2.24, 2.45) is 5.92 Å². The molecule has 1 unspecified atom stereocenters. The van der Waals surface area contributed by atoms with Gasteiger partial charge in [-0.25, -0.2) is 0 Å². The molecule has 1 aliphatic rings. The molecule has 1 rings (SSSR count). The second-order valence-electron chi connectivity index (χ2n) is 5.54. The Labute approximate surface area is 117 Å². The van der Waals surface area contributed by atoms with Gasteiger partial charge >= 0.3 is 0 Å². The van der Waals surface area contributed by atoms with Crippen LogP contribution in [-0.4, -0.2) is 75.2 Å². The van der Waals surface area contributed by atoms with Crippen LogP contribution in [-0.2, 0) is 9.53 Å². The van der Waals surface area contributed by atoms with Gasteiger partial charge in [-0.2, -0.15) is 0 Å². The number of carbonyl (C=O) groups is 1. The van der Waals surface area contributed by atoms with Gasteiger partial charge in [0.2, 0.25) is 5.91 Å². The van der Waals surface area contributed by atoms with Crippen molar-refractivity contribution in [3.8, 4) is 0 Å². The molecule has 5 nitrogen and oxygen atoms in total. The lowest BCUT2D eigenvalue weighted by atomic mass is 9.97. The Bertz CT molecular complexity index is 265. The predicted molar refractivity (Wildman–Crippen MR) is 77.2 cm³/mol. The summed E-state index contributed by atoms with van der Waals surface area (Å²) in [7, 11) is 3.94. The van der Waals surface area contributed by atoms with Gasteiger partial charge in [-0.1, -0.05) is 20.3 Å². The van der Waals surface area contributed by atoms with Crippen LogP contribution in [0.5, 0.6) is 0 Å². The molecule has 19 heavy (non-hydrogen) atoms. The van der Waals surface area contributed by atoms with Crippen LogP contribution in [0.2, 0.25) is 0 Å². The van der Waals surface area contributed by atoms with Gasteiger partial charge in [-0.05, 0) is 20.0 Å². The number of ether oxygens (including phenoxy) is 1. The predicted octanol–water partition coefficient (Wildman–Crippen LogP) is 0.411. The number of morpholine rings is 1. The second-order valence-corrected chi connectivity index (χ2v) is 5.54. The lowest BCUT2D eigenvalue weighted by Crippen LogP contribution is -2.49. The normalized spacial score (nSPS) is 20.3. The highest BCUT2D eigenvalue weighted by molar-refractivity contribution is 5.81. The van der Waals surface area contributed by atoms with E-state index in [0.29, 0.717) is 5.92 Å². The average Bonchev–Trinajstić information content (AvgIpc) is 2.39. The van der Waals surface area contributed by atoms with Crippen molar-refractivity contribution in [1.29, 1.82) is 0 Å². The van der Waals surface area contributed by atoms with Crippen molar-refractivity contribution >= 4 is 5.91 Å². The largest absolute Gasteiger partial charge is 0.379 e. The Kier molecular flexibility index (Phi) is 7.34. The van der Waals surface area contributed by atoms with Crippen LogP contribution < -0.4 is 5.32 Å². The van der Waals surface area contributed by atoms with E-state index >= 15 is 0 Å². The number of amides is 1. The highest BCUT2D eigenvalue weighted by atomic mass is 16.5. The third kappa shape index (κ3) is 5.47. The SMILES string of the molecule is CC[C@H](C)C(C(=O)NCCN1CCOCC1)N(C)C. The van der Waals surface area contributed by atoms with E-state index in [1.54, 1.807) is 0 Å². The van der Waals surface area contributed by atoms with E-state index in [2.05, 4.69) is 24.1 Å². The maximum absolute atomic E-state index is 12.2. The molecular formula is C14H29N3O2. The molecule has 0 aromatic heterocycles. The summed E-state index contributed by atoms with van der Waals surface area (Å²) in [4.78, 5) is 16.6. The molecule has 1 heterocycles. The van der Waals surface area contributed by atoms with Gasteiger partial charge in [0, 0.05) is 26.2 Å². The molecule has 1 amide bonds. The van der Waals surface area contributed by atoms with Gasteiger partial charge in [0.1, 0.15) is 0 Å². The van der Waals surface area contributed by atoms with Crippen molar-refractivity contribution in [1.82, 2.24) is 15.1 Å². The Morgan fingerprint density at radius 1 is 1.37 bits per heavy atom. The zero-order chi connectivity index (χ0) is 14.3. The van der Waals surface area contributed by atoms with Crippen molar-refractivity contribution in [2.45, 2.75) is 26.3 Å². The summed E-state index contributed by atoms with van der Waals surface area (Å²) in [5.74, 6) is 0.519. The number of hydrogen-bond donors (Lipinski definition) is 1. The summed E-state index contributed by atoms with van der Waals surface area (Å²) in [6, 6.07) is -0.0327. The Morgan fingerprint density at radius 2 is 2.00 bits per heavy atom. The van der Waals surface area contributed by atoms with E-state index in [0.717, 1.165) is 45.8 Å². The third-order valence-electron chi connectivity index (χ3n) is 3.84. The minimum Gasteiger partial charge on any atom is -0.379 e. The second kappa shape index (κ2) is 8.51. The van der Waals surface area contributed by atoms with Gasteiger partial charge < -0.3 is 10.1 Å². The van der Waals surface area contributed by atoms with Crippen molar-refractivity contribution in [2.75, 3.05) is 53.5 Å². The molecule has 1 saturated heterocycles. The standard InChI is InChI=1S/C14H29N3O2/c1-5-12(2)13(16(3)4)14(18)15-6-7-17-8-10-19-11-9-17/h12-13H,5-11H2,1-4H3,(H,15,18)/t12-,13?/m0/s1. The van der Waals surface area contributed by atoms with Gasteiger partial charge in [0.15, 0.2) is 0 Å². The maximum Gasteiger partial charge on any atom is 0.237 e. The first-order valence-electron chi connectivity index (χ1n) is 7.30. The molecule has 0 spiro atoms.